The Morgan fingerprint density at radius 3 is 2.30 bits per heavy atom. The summed E-state index contributed by atoms with van der Waals surface area (Å²) in [7, 11) is 0. The molecule has 0 bridgehead atoms. The van der Waals surface area contributed by atoms with Gasteiger partial charge in [0.25, 0.3) is 0 Å². The van der Waals surface area contributed by atoms with Crippen LogP contribution in [0.5, 0.6) is 11.5 Å². The Morgan fingerprint density at radius 1 is 1.10 bits per heavy atom. The van der Waals surface area contributed by atoms with E-state index in [2.05, 4.69) is 26.0 Å². The van der Waals surface area contributed by atoms with Crippen molar-refractivity contribution in [2.45, 2.75) is 33.1 Å². The van der Waals surface area contributed by atoms with E-state index in [4.69, 9.17) is 4.74 Å². The average Bonchev–Trinajstić information content (AvgIpc) is 2.47. The van der Waals surface area contributed by atoms with Gasteiger partial charge in [-0.25, -0.2) is 0 Å². The van der Waals surface area contributed by atoms with E-state index in [0.29, 0.717) is 11.5 Å². The van der Waals surface area contributed by atoms with Crippen molar-refractivity contribution in [3.63, 3.8) is 0 Å². The van der Waals surface area contributed by atoms with Crippen molar-refractivity contribution in [1.29, 1.82) is 0 Å². The quantitative estimate of drug-likeness (QED) is 0.704. The molecule has 0 heterocycles. The number of aldehydes is 1. The van der Waals surface area contributed by atoms with E-state index in [9.17, 15) is 4.79 Å². The van der Waals surface area contributed by atoms with Crippen molar-refractivity contribution in [3.05, 3.63) is 59.2 Å². The first kappa shape index (κ1) is 14.3. The predicted octanol–water partition coefficient (Wildman–Crippen LogP) is 5.11. The summed E-state index contributed by atoms with van der Waals surface area (Å²) in [6, 6.07) is 13.7. The van der Waals surface area contributed by atoms with E-state index in [1.807, 2.05) is 31.2 Å². The van der Waals surface area contributed by atoms with Gasteiger partial charge in [-0.15, -0.1) is 0 Å². The van der Waals surface area contributed by atoms with Gasteiger partial charge in [-0.3, -0.25) is 4.79 Å². The highest BCUT2D eigenvalue weighted by Gasteiger charge is 2.04. The number of ether oxygens (including phenoxy) is 1. The zero-order valence-electron chi connectivity index (χ0n) is 12.2. The maximum atomic E-state index is 10.8. The van der Waals surface area contributed by atoms with Gasteiger partial charge < -0.3 is 4.74 Å². The summed E-state index contributed by atoms with van der Waals surface area (Å²) in [5.41, 5.74) is 2.95. The Balaban J connectivity index is 2.14. The monoisotopic (exact) mass is 268 g/mol. The van der Waals surface area contributed by atoms with Crippen molar-refractivity contribution >= 4 is 6.29 Å². The molecule has 0 amide bonds. The van der Waals surface area contributed by atoms with Crippen LogP contribution in [0.25, 0.3) is 0 Å². The molecule has 0 aromatic heterocycles. The van der Waals surface area contributed by atoms with Crippen LogP contribution in [0, 0.1) is 6.92 Å². The SMILES string of the molecule is CCC(C)c1ccc(Oc2ccc(C=O)c(C)c2)cc1. The molecule has 104 valence electrons. The second-order valence-corrected chi connectivity index (χ2v) is 5.12. The van der Waals surface area contributed by atoms with Crippen LogP contribution in [0.4, 0.5) is 0 Å². The van der Waals surface area contributed by atoms with Crippen LogP contribution in [0.1, 0.15) is 47.7 Å². The number of aryl methyl sites for hydroxylation is 1. The van der Waals surface area contributed by atoms with Crippen molar-refractivity contribution in [1.82, 2.24) is 0 Å². The highest BCUT2D eigenvalue weighted by Crippen LogP contribution is 2.26. The smallest absolute Gasteiger partial charge is 0.150 e. The van der Waals surface area contributed by atoms with Gasteiger partial charge in [0.1, 0.15) is 17.8 Å². The molecular weight excluding hydrogens is 248 g/mol. The molecule has 0 radical (unpaired) electrons. The molecule has 1 unspecified atom stereocenters. The molecule has 1 atom stereocenters. The summed E-state index contributed by atoms with van der Waals surface area (Å²) in [5, 5.41) is 0. The second-order valence-electron chi connectivity index (χ2n) is 5.12. The van der Waals surface area contributed by atoms with Crippen molar-refractivity contribution in [2.24, 2.45) is 0 Å². The molecule has 2 nitrogen and oxygen atoms in total. The van der Waals surface area contributed by atoms with E-state index >= 15 is 0 Å². The number of hydrogen-bond donors (Lipinski definition) is 0. The van der Waals surface area contributed by atoms with E-state index in [1.54, 1.807) is 6.07 Å². The standard InChI is InChI=1S/C18H20O2/c1-4-13(2)15-5-8-17(9-6-15)20-18-10-7-16(12-19)14(3)11-18/h5-13H,4H2,1-3H3. The molecule has 0 spiro atoms. The number of carbonyl (C=O) groups is 1. The first-order valence-electron chi connectivity index (χ1n) is 6.97. The summed E-state index contributed by atoms with van der Waals surface area (Å²) in [6.07, 6.45) is 1.99. The molecule has 2 heteroatoms. The maximum Gasteiger partial charge on any atom is 0.150 e. The minimum absolute atomic E-state index is 0.568. The zero-order chi connectivity index (χ0) is 14.5. The van der Waals surface area contributed by atoms with Crippen LogP contribution in [0.15, 0.2) is 42.5 Å². The van der Waals surface area contributed by atoms with Gasteiger partial charge in [0, 0.05) is 5.56 Å². The Bertz CT molecular complexity index is 585. The third kappa shape index (κ3) is 3.27. The van der Waals surface area contributed by atoms with Gasteiger partial charge in [-0.1, -0.05) is 26.0 Å². The lowest BCUT2D eigenvalue weighted by molar-refractivity contribution is 0.112. The third-order valence-electron chi connectivity index (χ3n) is 3.67. The molecule has 0 aliphatic rings. The molecule has 0 saturated heterocycles. The maximum absolute atomic E-state index is 10.8. The van der Waals surface area contributed by atoms with Gasteiger partial charge in [0.15, 0.2) is 0 Å². The van der Waals surface area contributed by atoms with E-state index in [-0.39, 0.29) is 0 Å². The topological polar surface area (TPSA) is 26.3 Å². The minimum Gasteiger partial charge on any atom is -0.457 e. The lowest BCUT2D eigenvalue weighted by Crippen LogP contribution is -1.92. The molecule has 20 heavy (non-hydrogen) atoms. The summed E-state index contributed by atoms with van der Waals surface area (Å²) >= 11 is 0. The largest absolute Gasteiger partial charge is 0.457 e. The lowest BCUT2D eigenvalue weighted by atomic mass is 9.99. The Morgan fingerprint density at radius 2 is 1.75 bits per heavy atom. The molecular formula is C18H20O2. The molecule has 0 fully saturated rings. The average molecular weight is 268 g/mol. The number of rotatable bonds is 5. The predicted molar refractivity (Wildman–Crippen MR) is 81.8 cm³/mol. The lowest BCUT2D eigenvalue weighted by Gasteiger charge is -2.11. The number of benzene rings is 2. The van der Waals surface area contributed by atoms with Crippen LogP contribution in [-0.4, -0.2) is 6.29 Å². The normalized spacial score (nSPS) is 11.9. The van der Waals surface area contributed by atoms with Gasteiger partial charge in [-0.2, -0.15) is 0 Å². The van der Waals surface area contributed by atoms with Crippen molar-refractivity contribution in [2.75, 3.05) is 0 Å². The van der Waals surface area contributed by atoms with Crippen LogP contribution in [0.3, 0.4) is 0 Å². The third-order valence-corrected chi connectivity index (χ3v) is 3.67. The van der Waals surface area contributed by atoms with E-state index < -0.39 is 0 Å². The van der Waals surface area contributed by atoms with Gasteiger partial charge >= 0.3 is 0 Å². The summed E-state index contributed by atoms with van der Waals surface area (Å²) in [6.45, 7) is 6.31. The van der Waals surface area contributed by atoms with Crippen molar-refractivity contribution in [3.8, 4) is 11.5 Å². The second kappa shape index (κ2) is 6.38. The van der Waals surface area contributed by atoms with Crippen molar-refractivity contribution < 1.29 is 9.53 Å². The molecule has 2 aromatic rings. The molecule has 0 saturated carbocycles. The summed E-state index contributed by atoms with van der Waals surface area (Å²) in [5.74, 6) is 2.14. The minimum atomic E-state index is 0.568. The molecule has 0 aliphatic carbocycles. The van der Waals surface area contributed by atoms with Gasteiger partial charge in [0.2, 0.25) is 0 Å². The highest BCUT2D eigenvalue weighted by molar-refractivity contribution is 5.77. The van der Waals surface area contributed by atoms with Crippen LogP contribution >= 0.6 is 0 Å². The van der Waals surface area contributed by atoms with Crippen LogP contribution < -0.4 is 4.74 Å². The molecule has 2 aromatic carbocycles. The fourth-order valence-electron chi connectivity index (χ4n) is 2.08. The molecule has 0 aliphatic heterocycles. The van der Waals surface area contributed by atoms with E-state index in [0.717, 1.165) is 29.8 Å². The van der Waals surface area contributed by atoms with Crippen LogP contribution in [0.2, 0.25) is 0 Å². The summed E-state index contributed by atoms with van der Waals surface area (Å²) in [4.78, 5) is 10.8. The first-order chi connectivity index (χ1) is 9.63. The fraction of sp³-hybridized carbons (Fsp3) is 0.278. The molecule has 2 rings (SSSR count). The fourth-order valence-corrected chi connectivity index (χ4v) is 2.08. The van der Waals surface area contributed by atoms with Gasteiger partial charge in [0.05, 0.1) is 0 Å². The Kier molecular flexibility index (Phi) is 4.57. The number of hydrogen-bond acceptors (Lipinski definition) is 2. The number of carbonyl (C=O) groups excluding carboxylic acids is 1. The van der Waals surface area contributed by atoms with E-state index in [1.165, 1.54) is 5.56 Å². The Labute approximate surface area is 120 Å². The highest BCUT2D eigenvalue weighted by atomic mass is 16.5. The van der Waals surface area contributed by atoms with Crippen LogP contribution in [-0.2, 0) is 0 Å². The zero-order valence-corrected chi connectivity index (χ0v) is 12.2. The summed E-state index contributed by atoms with van der Waals surface area (Å²) < 4.78 is 5.81. The Hall–Kier alpha value is -2.09. The first-order valence-corrected chi connectivity index (χ1v) is 6.97. The van der Waals surface area contributed by atoms with Gasteiger partial charge in [-0.05, 0) is 60.7 Å². The molecule has 0 N–H and O–H groups in total.